The van der Waals surface area contributed by atoms with E-state index < -0.39 is 24.4 Å². The van der Waals surface area contributed by atoms with Gasteiger partial charge in [-0.1, -0.05) is 44.0 Å². The molecule has 51 heavy (non-hydrogen) atoms. The molecule has 13 heteroatoms. The molecule has 3 fully saturated rings. The van der Waals surface area contributed by atoms with Gasteiger partial charge in [-0.15, -0.1) is 6.42 Å². The largest absolute Gasteiger partial charge is 0.461 e. The number of pyridine rings is 1. The number of nitrogens with zero attached hydrogens (tertiary/aromatic N) is 5. The summed E-state index contributed by atoms with van der Waals surface area (Å²) in [5, 5.41) is 5.32. The Morgan fingerprint density at radius 3 is 2.47 bits per heavy atom. The molecule has 1 unspecified atom stereocenters. The van der Waals surface area contributed by atoms with E-state index >= 15 is 4.39 Å². The van der Waals surface area contributed by atoms with Crippen LogP contribution in [0.5, 0.6) is 6.01 Å². The van der Waals surface area contributed by atoms with Crippen molar-refractivity contribution >= 4 is 27.5 Å². The summed E-state index contributed by atoms with van der Waals surface area (Å²) in [7, 11) is 1.01. The molecule has 4 aliphatic rings. The van der Waals surface area contributed by atoms with Crippen LogP contribution in [0.3, 0.4) is 0 Å². The number of fused-ring (bicyclic) bond motifs is 4. The summed E-state index contributed by atoms with van der Waals surface area (Å²) in [6, 6.07) is 8.82. The molecule has 8 nitrogen and oxygen atoms in total. The van der Waals surface area contributed by atoms with E-state index in [1.165, 1.54) is 6.07 Å². The maximum atomic E-state index is 16.8. The van der Waals surface area contributed by atoms with Crippen LogP contribution in [0.25, 0.3) is 32.9 Å². The Bertz CT molecular complexity index is 1920. The number of ether oxygens (including phenoxy) is 2. The van der Waals surface area contributed by atoms with Gasteiger partial charge in [-0.05, 0) is 63.1 Å². The van der Waals surface area contributed by atoms with Crippen LogP contribution >= 0.6 is 0 Å². The third-order valence-electron chi connectivity index (χ3n) is 10.1. The van der Waals surface area contributed by atoms with Crippen molar-refractivity contribution in [2.45, 2.75) is 70.1 Å². The minimum absolute atomic E-state index is 0.00970. The van der Waals surface area contributed by atoms with Gasteiger partial charge >= 0.3 is 12.2 Å². The van der Waals surface area contributed by atoms with Gasteiger partial charge in [-0.25, -0.2) is 13.8 Å². The first kappa shape index (κ1) is 36.7. The molecule has 0 amide bonds. The molecular formula is C38H43F5N6O2. The van der Waals surface area contributed by atoms with Gasteiger partial charge in [0.1, 0.15) is 36.1 Å². The van der Waals surface area contributed by atoms with Gasteiger partial charge in [0.25, 0.3) is 0 Å². The van der Waals surface area contributed by atoms with Crippen LogP contribution < -0.4 is 15.0 Å². The highest BCUT2D eigenvalue weighted by Gasteiger charge is 2.45. The summed E-state index contributed by atoms with van der Waals surface area (Å²) in [5.74, 6) is 2.08. The van der Waals surface area contributed by atoms with Crippen LogP contribution in [0.2, 0.25) is 0 Å². The van der Waals surface area contributed by atoms with Crippen LogP contribution in [0.15, 0.2) is 30.3 Å². The molecule has 2 aromatic carbocycles. The molecule has 8 rings (SSSR count). The van der Waals surface area contributed by atoms with Gasteiger partial charge < -0.3 is 19.7 Å². The molecule has 0 bridgehead atoms. The molecule has 1 atom stereocenters. The predicted molar refractivity (Wildman–Crippen MR) is 188 cm³/mol. The molecule has 2 aromatic heterocycles. The van der Waals surface area contributed by atoms with Gasteiger partial charge in [0, 0.05) is 43.7 Å². The number of hydrogen-bond acceptors (Lipinski definition) is 8. The first-order valence-electron chi connectivity index (χ1n) is 17.6. The minimum atomic E-state index is -4.17. The Balaban J connectivity index is 0.000000448. The Hall–Kier alpha value is -4.12. The lowest BCUT2D eigenvalue weighted by atomic mass is 9.95. The molecule has 1 N–H and O–H groups in total. The molecule has 4 aliphatic heterocycles. The van der Waals surface area contributed by atoms with Crippen molar-refractivity contribution in [2.24, 2.45) is 0 Å². The number of rotatable bonds is 5. The maximum Gasteiger partial charge on any atom is 0.411 e. The van der Waals surface area contributed by atoms with Crippen LogP contribution in [-0.2, 0) is 11.2 Å². The molecular weight excluding hydrogens is 667 g/mol. The van der Waals surface area contributed by atoms with Crippen molar-refractivity contribution in [3.05, 3.63) is 53.2 Å². The van der Waals surface area contributed by atoms with Crippen molar-refractivity contribution in [1.29, 1.82) is 0 Å². The van der Waals surface area contributed by atoms with Crippen molar-refractivity contribution in [2.75, 3.05) is 57.9 Å². The van der Waals surface area contributed by atoms with Crippen LogP contribution in [-0.4, -0.2) is 90.7 Å². The lowest BCUT2D eigenvalue weighted by molar-refractivity contribution is -0.167. The monoisotopic (exact) mass is 710 g/mol. The SMILES string of the molecule is C#Cc1c(F)ccc2cccc(-c3nc4c5c(nc(OCC67CCCN6CCC7)nc5c3F)N3CCNCC3CC4)c12.CC.COCC(F)(F)F. The number of nitrogens with one attached hydrogen (secondary N) is 1. The summed E-state index contributed by atoms with van der Waals surface area (Å²) in [6.07, 6.45) is 7.56. The predicted octanol–water partition coefficient (Wildman–Crippen LogP) is 7.06. The molecule has 0 aliphatic carbocycles. The average Bonchev–Trinajstić information content (AvgIpc) is 3.67. The maximum absolute atomic E-state index is 16.8. The Morgan fingerprint density at radius 2 is 1.78 bits per heavy atom. The number of hydrogen-bond donors (Lipinski definition) is 1. The standard InChI is InChI=1S/C33H32F2N6O.C3H5F3O.C2H6/c1-2-22-24(34)10-8-20-6-3-7-23(26(20)22)29-28(35)30-27-25(37-29)11-9-21-18-36-14-17-41(21)31(27)39-32(38-30)42-19-33-12-4-15-40(33)16-5-13-33;1-7-2-3(4,5)6;1-2/h1,3,6-8,10,21,36H,4-5,9,11-19H2;2H2,1H3;1-2H3. The second kappa shape index (κ2) is 15.2. The number of terminal acetylenes is 1. The zero-order valence-corrected chi connectivity index (χ0v) is 29.2. The molecule has 3 saturated heterocycles. The number of alkyl halides is 3. The van der Waals surface area contributed by atoms with Crippen LogP contribution in [0, 0.1) is 24.0 Å². The first-order chi connectivity index (χ1) is 24.6. The van der Waals surface area contributed by atoms with Crippen molar-refractivity contribution in [1.82, 2.24) is 25.2 Å². The second-order valence-corrected chi connectivity index (χ2v) is 13.1. The molecule has 6 heterocycles. The highest BCUT2D eigenvalue weighted by Crippen LogP contribution is 2.42. The molecule has 0 spiro atoms. The van der Waals surface area contributed by atoms with E-state index in [1.807, 2.05) is 26.0 Å². The van der Waals surface area contributed by atoms with E-state index in [2.05, 4.69) is 25.8 Å². The smallest absolute Gasteiger partial charge is 0.411 e. The zero-order valence-electron chi connectivity index (χ0n) is 29.2. The number of aryl methyl sites for hydroxylation is 1. The Morgan fingerprint density at radius 1 is 1.02 bits per heavy atom. The molecule has 272 valence electrons. The van der Waals surface area contributed by atoms with Gasteiger partial charge in [0.2, 0.25) is 0 Å². The van der Waals surface area contributed by atoms with E-state index in [-0.39, 0.29) is 34.4 Å². The van der Waals surface area contributed by atoms with E-state index in [9.17, 15) is 17.6 Å². The summed E-state index contributed by atoms with van der Waals surface area (Å²) >= 11 is 0. The fourth-order valence-electron chi connectivity index (χ4n) is 7.95. The normalized spacial score (nSPS) is 19.3. The second-order valence-electron chi connectivity index (χ2n) is 13.1. The van der Waals surface area contributed by atoms with E-state index in [0.29, 0.717) is 35.2 Å². The fourth-order valence-corrected chi connectivity index (χ4v) is 7.95. The van der Waals surface area contributed by atoms with E-state index in [1.54, 1.807) is 12.1 Å². The van der Waals surface area contributed by atoms with Gasteiger partial charge in [0.15, 0.2) is 5.82 Å². The lowest BCUT2D eigenvalue weighted by Gasteiger charge is -2.36. The van der Waals surface area contributed by atoms with Crippen LogP contribution in [0.4, 0.5) is 27.8 Å². The highest BCUT2D eigenvalue weighted by atomic mass is 19.4. The third-order valence-corrected chi connectivity index (χ3v) is 10.1. The molecule has 4 aromatic rings. The number of methoxy groups -OCH3 is 1. The third kappa shape index (κ3) is 7.19. The Labute approximate surface area is 294 Å². The van der Waals surface area contributed by atoms with Crippen molar-refractivity contribution in [3.63, 3.8) is 0 Å². The van der Waals surface area contributed by atoms with Gasteiger partial charge in [-0.2, -0.15) is 23.1 Å². The average molecular weight is 711 g/mol. The van der Waals surface area contributed by atoms with Gasteiger partial charge in [-0.3, -0.25) is 4.90 Å². The topological polar surface area (TPSA) is 75.6 Å². The number of halogens is 5. The fraction of sp³-hybridized carbons (Fsp3) is 0.500. The number of piperazine rings is 1. The lowest BCUT2D eigenvalue weighted by Crippen LogP contribution is -2.51. The molecule has 0 saturated carbocycles. The van der Waals surface area contributed by atoms with Crippen LogP contribution in [0.1, 0.15) is 57.2 Å². The highest BCUT2D eigenvalue weighted by molar-refractivity contribution is 6.02. The number of benzene rings is 2. The number of anilines is 1. The van der Waals surface area contributed by atoms with E-state index in [4.69, 9.17) is 26.1 Å². The summed E-state index contributed by atoms with van der Waals surface area (Å²) in [4.78, 5) is 19.4. The van der Waals surface area contributed by atoms with Crippen molar-refractivity contribution < 1.29 is 31.4 Å². The number of aromatic nitrogens is 3. The first-order valence-corrected chi connectivity index (χ1v) is 17.6. The zero-order chi connectivity index (χ0) is 36.3. The van der Waals surface area contributed by atoms with E-state index in [0.717, 1.165) is 83.0 Å². The van der Waals surface area contributed by atoms with Gasteiger partial charge in [0.05, 0.1) is 22.2 Å². The minimum Gasteiger partial charge on any atom is -0.461 e. The van der Waals surface area contributed by atoms with Crippen molar-refractivity contribution in [3.8, 4) is 29.6 Å². The summed E-state index contributed by atoms with van der Waals surface area (Å²) < 4.78 is 74.6. The molecule has 0 radical (unpaired) electrons. The summed E-state index contributed by atoms with van der Waals surface area (Å²) in [5.41, 5.74) is 1.61. The summed E-state index contributed by atoms with van der Waals surface area (Å²) in [6.45, 7) is 7.90. The quantitative estimate of drug-likeness (QED) is 0.175. The Kier molecular flexibility index (Phi) is 11.0.